The number of benzene rings is 1. The van der Waals surface area contributed by atoms with Crippen molar-refractivity contribution in [2.45, 2.75) is 19.9 Å². The Bertz CT molecular complexity index is 1220. The summed E-state index contributed by atoms with van der Waals surface area (Å²) in [6.45, 7) is 7.44. The number of ether oxygens (including phenoxy) is 2. The summed E-state index contributed by atoms with van der Waals surface area (Å²) in [4.78, 5) is 33.5. The van der Waals surface area contributed by atoms with Gasteiger partial charge in [0.2, 0.25) is 11.9 Å². The lowest BCUT2D eigenvalue weighted by molar-refractivity contribution is 0.297. The summed E-state index contributed by atoms with van der Waals surface area (Å²) in [7, 11) is 2.12. The van der Waals surface area contributed by atoms with Gasteiger partial charge in [-0.2, -0.15) is 0 Å². The molecule has 34 heavy (non-hydrogen) atoms. The molecule has 3 aromatic rings. The van der Waals surface area contributed by atoms with Crippen molar-refractivity contribution in [2.24, 2.45) is 0 Å². The van der Waals surface area contributed by atoms with Crippen LogP contribution < -0.4 is 25.2 Å². The van der Waals surface area contributed by atoms with Gasteiger partial charge in [0.05, 0.1) is 24.6 Å². The van der Waals surface area contributed by atoms with Crippen LogP contribution in [0, 0.1) is 6.92 Å². The molecule has 0 amide bonds. The Morgan fingerprint density at radius 1 is 1.06 bits per heavy atom. The van der Waals surface area contributed by atoms with Crippen molar-refractivity contribution in [3.05, 3.63) is 52.1 Å². The highest BCUT2D eigenvalue weighted by atomic mass is 16.5. The number of likely N-dealkylation sites (N-methyl/N-ethyl adjacent to an activating group) is 1. The zero-order chi connectivity index (χ0) is 23.5. The predicted octanol–water partition coefficient (Wildman–Crippen LogP) is 2.06. The molecule has 2 aromatic heterocycles. The highest BCUT2D eigenvalue weighted by Crippen LogP contribution is 2.30. The topological polar surface area (TPSA) is 109 Å². The summed E-state index contributed by atoms with van der Waals surface area (Å²) in [6, 6.07) is 7.30. The number of rotatable bonds is 5. The van der Waals surface area contributed by atoms with Gasteiger partial charge in [-0.25, -0.2) is 15.0 Å². The fraction of sp³-hybridized carbons (Fsp3) is 0.417. The number of nitrogens with one attached hydrogen (secondary N) is 2. The van der Waals surface area contributed by atoms with Crippen molar-refractivity contribution in [1.82, 2.24) is 24.8 Å². The normalized spacial score (nSPS) is 16.2. The van der Waals surface area contributed by atoms with Gasteiger partial charge in [0.25, 0.3) is 5.56 Å². The van der Waals surface area contributed by atoms with E-state index in [0.717, 1.165) is 60.9 Å². The minimum atomic E-state index is -0.242. The highest BCUT2D eigenvalue weighted by molar-refractivity contribution is 5.62. The lowest BCUT2D eigenvalue weighted by atomic mass is 10.1. The van der Waals surface area contributed by atoms with E-state index in [1.54, 1.807) is 6.20 Å². The number of nitrogens with zero attached hydrogens (tertiary/aromatic N) is 5. The number of aromatic amines is 1. The number of aryl methyl sites for hydroxylation is 1. The number of anilines is 2. The number of aromatic nitrogens is 4. The molecule has 0 aliphatic carbocycles. The van der Waals surface area contributed by atoms with Crippen LogP contribution in [0.1, 0.15) is 17.7 Å². The molecule has 0 bridgehead atoms. The molecule has 0 atom stereocenters. The van der Waals surface area contributed by atoms with E-state index in [4.69, 9.17) is 14.5 Å². The van der Waals surface area contributed by atoms with Gasteiger partial charge in [-0.3, -0.25) is 9.78 Å². The van der Waals surface area contributed by atoms with Crippen LogP contribution in [-0.4, -0.2) is 71.3 Å². The van der Waals surface area contributed by atoms with Crippen LogP contribution in [0.15, 0.2) is 35.3 Å². The summed E-state index contributed by atoms with van der Waals surface area (Å²) in [5.74, 6) is 2.59. The number of fused-ring (bicyclic) bond motifs is 1. The van der Waals surface area contributed by atoms with Crippen molar-refractivity contribution >= 4 is 11.9 Å². The standard InChI is InChI=1S/C24H29N7O3/c1-16-18(15-26-24(27-16)31-8-6-30(2)7-9-31)19-13-22(32)29-23(28-19)25-14-17-4-5-20-21(12-17)34-11-3-10-33-20/h4-5,12-13,15H,3,6-11,14H2,1-2H3,(H2,25,28,29,32). The molecule has 0 saturated carbocycles. The van der Waals surface area contributed by atoms with E-state index in [9.17, 15) is 4.79 Å². The molecule has 2 aliphatic heterocycles. The Morgan fingerprint density at radius 2 is 1.85 bits per heavy atom. The van der Waals surface area contributed by atoms with Crippen LogP contribution in [0.25, 0.3) is 11.3 Å². The fourth-order valence-corrected chi connectivity index (χ4v) is 4.05. The Morgan fingerprint density at radius 3 is 2.65 bits per heavy atom. The number of hydrogen-bond donors (Lipinski definition) is 2. The highest BCUT2D eigenvalue weighted by Gasteiger charge is 2.18. The predicted molar refractivity (Wildman–Crippen MR) is 130 cm³/mol. The summed E-state index contributed by atoms with van der Waals surface area (Å²) in [6.07, 6.45) is 2.62. The van der Waals surface area contributed by atoms with E-state index in [1.807, 2.05) is 25.1 Å². The van der Waals surface area contributed by atoms with E-state index in [-0.39, 0.29) is 5.56 Å². The minimum absolute atomic E-state index is 0.242. The van der Waals surface area contributed by atoms with Crippen LogP contribution in [-0.2, 0) is 6.54 Å². The van der Waals surface area contributed by atoms with E-state index < -0.39 is 0 Å². The molecule has 1 fully saturated rings. The number of H-pyrrole nitrogens is 1. The fourth-order valence-electron chi connectivity index (χ4n) is 4.05. The van der Waals surface area contributed by atoms with Crippen LogP contribution in [0.3, 0.4) is 0 Å². The van der Waals surface area contributed by atoms with E-state index >= 15 is 0 Å². The van der Waals surface area contributed by atoms with Gasteiger partial charge < -0.3 is 24.6 Å². The molecule has 4 heterocycles. The lowest BCUT2D eigenvalue weighted by Crippen LogP contribution is -2.45. The Balaban J connectivity index is 1.32. The first kappa shape index (κ1) is 22.1. The second kappa shape index (κ2) is 9.68. The van der Waals surface area contributed by atoms with Crippen LogP contribution in [0.2, 0.25) is 0 Å². The summed E-state index contributed by atoms with van der Waals surface area (Å²) >= 11 is 0. The SMILES string of the molecule is Cc1nc(N2CCN(C)CC2)ncc1-c1cc(=O)[nH]c(NCc2ccc3c(c2)OCCCO3)n1. The van der Waals surface area contributed by atoms with Crippen molar-refractivity contribution in [3.8, 4) is 22.8 Å². The molecular formula is C24H29N7O3. The average Bonchev–Trinajstić information content (AvgIpc) is 3.08. The molecule has 5 rings (SSSR count). The van der Waals surface area contributed by atoms with E-state index in [2.05, 4.69) is 37.1 Å². The second-order valence-corrected chi connectivity index (χ2v) is 8.62. The van der Waals surface area contributed by atoms with Crippen molar-refractivity contribution < 1.29 is 9.47 Å². The molecule has 10 heteroatoms. The van der Waals surface area contributed by atoms with Crippen molar-refractivity contribution in [3.63, 3.8) is 0 Å². The van der Waals surface area contributed by atoms with Gasteiger partial charge in [0, 0.05) is 57.0 Å². The molecule has 0 unspecified atom stereocenters. The van der Waals surface area contributed by atoms with Gasteiger partial charge >= 0.3 is 0 Å². The Kier molecular flexibility index (Phi) is 6.31. The molecule has 1 aromatic carbocycles. The van der Waals surface area contributed by atoms with Crippen LogP contribution in [0.4, 0.5) is 11.9 Å². The third-order valence-electron chi connectivity index (χ3n) is 6.04. The van der Waals surface area contributed by atoms with E-state index in [1.165, 1.54) is 6.07 Å². The quantitative estimate of drug-likeness (QED) is 0.588. The number of hydrogen-bond acceptors (Lipinski definition) is 9. The molecule has 178 valence electrons. The van der Waals surface area contributed by atoms with Gasteiger partial charge in [0.15, 0.2) is 11.5 Å². The largest absolute Gasteiger partial charge is 0.490 e. The minimum Gasteiger partial charge on any atom is -0.490 e. The molecule has 2 N–H and O–H groups in total. The molecule has 0 spiro atoms. The zero-order valence-corrected chi connectivity index (χ0v) is 19.5. The molecule has 10 nitrogen and oxygen atoms in total. The third kappa shape index (κ3) is 4.96. The molecule has 1 saturated heterocycles. The maximum absolute atomic E-state index is 12.4. The monoisotopic (exact) mass is 463 g/mol. The van der Waals surface area contributed by atoms with Crippen molar-refractivity contribution in [2.75, 3.05) is 56.7 Å². The van der Waals surface area contributed by atoms with Crippen LogP contribution >= 0.6 is 0 Å². The summed E-state index contributed by atoms with van der Waals surface area (Å²) in [5, 5.41) is 3.20. The Hall–Kier alpha value is -3.66. The first-order chi connectivity index (χ1) is 16.5. The zero-order valence-electron chi connectivity index (χ0n) is 19.5. The first-order valence-electron chi connectivity index (χ1n) is 11.6. The van der Waals surface area contributed by atoms with Crippen molar-refractivity contribution in [1.29, 1.82) is 0 Å². The molecule has 0 radical (unpaired) electrons. The maximum atomic E-state index is 12.4. The third-order valence-corrected chi connectivity index (χ3v) is 6.04. The lowest BCUT2D eigenvalue weighted by Gasteiger charge is -2.32. The van der Waals surface area contributed by atoms with Gasteiger partial charge in [0.1, 0.15) is 0 Å². The summed E-state index contributed by atoms with van der Waals surface area (Å²) in [5.41, 5.74) is 2.81. The average molecular weight is 464 g/mol. The number of piperazine rings is 1. The smallest absolute Gasteiger partial charge is 0.252 e. The molecular weight excluding hydrogens is 434 g/mol. The Labute approximate surface area is 198 Å². The maximum Gasteiger partial charge on any atom is 0.252 e. The van der Waals surface area contributed by atoms with E-state index in [0.29, 0.717) is 37.3 Å². The van der Waals surface area contributed by atoms with Gasteiger partial charge in [-0.15, -0.1) is 0 Å². The second-order valence-electron chi connectivity index (χ2n) is 8.62. The van der Waals surface area contributed by atoms with Crippen LogP contribution in [0.5, 0.6) is 11.5 Å². The first-order valence-corrected chi connectivity index (χ1v) is 11.6. The summed E-state index contributed by atoms with van der Waals surface area (Å²) < 4.78 is 11.5. The van der Waals surface area contributed by atoms with Gasteiger partial charge in [-0.05, 0) is 31.7 Å². The molecule has 2 aliphatic rings. The van der Waals surface area contributed by atoms with Gasteiger partial charge in [-0.1, -0.05) is 6.07 Å².